The number of hydrogen-bond donors (Lipinski definition) is 2. The van der Waals surface area contributed by atoms with Gasteiger partial charge in [-0.15, -0.1) is 0 Å². The molecule has 0 fully saturated rings. The Kier molecular flexibility index (Phi) is 4.21. The van der Waals surface area contributed by atoms with Crippen LogP contribution in [0.25, 0.3) is 10.9 Å². The first-order chi connectivity index (χ1) is 12.6. The van der Waals surface area contributed by atoms with Crippen molar-refractivity contribution in [2.75, 3.05) is 11.9 Å². The van der Waals surface area contributed by atoms with Crippen molar-refractivity contribution in [1.82, 2.24) is 9.88 Å². The van der Waals surface area contributed by atoms with E-state index >= 15 is 0 Å². The van der Waals surface area contributed by atoms with Gasteiger partial charge in [-0.1, -0.05) is 36.4 Å². The Balaban J connectivity index is 1.46. The Labute approximate surface area is 152 Å². The van der Waals surface area contributed by atoms with E-state index in [0.717, 1.165) is 11.3 Å². The molecule has 26 heavy (non-hydrogen) atoms. The molecule has 1 atom stereocenters. The van der Waals surface area contributed by atoms with E-state index in [9.17, 15) is 9.59 Å². The first-order valence-electron chi connectivity index (χ1n) is 8.85. The third-order valence-corrected chi connectivity index (χ3v) is 4.97. The topological polar surface area (TPSA) is 63.1 Å². The lowest BCUT2D eigenvalue weighted by Crippen LogP contribution is -2.36. The quantitative estimate of drug-likeness (QED) is 0.761. The SMILES string of the molecule is Cc1cc2ccccc2n1CCNC(=O)[C@H]1CC(=O)Nc2ccccc21. The molecule has 2 amide bonds. The van der Waals surface area contributed by atoms with Crippen molar-refractivity contribution in [2.24, 2.45) is 0 Å². The largest absolute Gasteiger partial charge is 0.354 e. The first-order valence-corrected chi connectivity index (χ1v) is 8.85. The number of para-hydroxylation sites is 2. The third kappa shape index (κ3) is 2.96. The number of nitrogens with one attached hydrogen (secondary N) is 2. The fourth-order valence-electron chi connectivity index (χ4n) is 3.70. The lowest BCUT2D eigenvalue weighted by atomic mass is 9.90. The van der Waals surface area contributed by atoms with Crippen molar-refractivity contribution in [3.63, 3.8) is 0 Å². The van der Waals surface area contributed by atoms with Gasteiger partial charge in [-0.05, 0) is 36.1 Å². The standard InChI is InChI=1S/C21H21N3O2/c1-14-12-15-6-2-5-9-19(15)24(14)11-10-22-21(26)17-13-20(25)23-18-8-4-3-7-16(17)18/h2-9,12,17H,10-11,13H2,1H3,(H,22,26)(H,23,25)/t17-/m0/s1. The van der Waals surface area contributed by atoms with Crippen molar-refractivity contribution in [3.05, 3.63) is 65.9 Å². The van der Waals surface area contributed by atoms with Crippen molar-refractivity contribution < 1.29 is 9.59 Å². The Hall–Kier alpha value is -3.08. The molecular weight excluding hydrogens is 326 g/mol. The van der Waals surface area contributed by atoms with Gasteiger partial charge in [0.25, 0.3) is 0 Å². The maximum atomic E-state index is 12.7. The second kappa shape index (κ2) is 6.67. The predicted octanol–water partition coefficient (Wildman–Crippen LogP) is 3.19. The summed E-state index contributed by atoms with van der Waals surface area (Å²) in [4.78, 5) is 24.6. The molecule has 5 nitrogen and oxygen atoms in total. The molecule has 5 heteroatoms. The maximum absolute atomic E-state index is 12.7. The summed E-state index contributed by atoms with van der Waals surface area (Å²) in [6, 6.07) is 17.9. The minimum atomic E-state index is -0.428. The highest BCUT2D eigenvalue weighted by molar-refractivity contribution is 6.01. The zero-order chi connectivity index (χ0) is 18.1. The van der Waals surface area contributed by atoms with Crippen LogP contribution in [0, 0.1) is 6.92 Å². The lowest BCUT2D eigenvalue weighted by molar-refractivity contribution is -0.126. The van der Waals surface area contributed by atoms with E-state index in [1.165, 1.54) is 16.6 Å². The zero-order valence-electron chi connectivity index (χ0n) is 14.7. The first kappa shape index (κ1) is 16.4. The van der Waals surface area contributed by atoms with Gasteiger partial charge in [-0.25, -0.2) is 0 Å². The van der Waals surface area contributed by atoms with Gasteiger partial charge in [-0.3, -0.25) is 9.59 Å². The van der Waals surface area contributed by atoms with Gasteiger partial charge >= 0.3 is 0 Å². The normalized spacial score (nSPS) is 16.2. The number of carbonyl (C=O) groups is 2. The molecule has 0 aliphatic carbocycles. The van der Waals surface area contributed by atoms with Gasteiger partial charge in [0.1, 0.15) is 0 Å². The molecule has 2 N–H and O–H groups in total. The van der Waals surface area contributed by atoms with Crippen LogP contribution in [-0.4, -0.2) is 22.9 Å². The van der Waals surface area contributed by atoms with Gasteiger partial charge < -0.3 is 15.2 Å². The summed E-state index contributed by atoms with van der Waals surface area (Å²) in [5, 5.41) is 7.03. The number of aromatic nitrogens is 1. The van der Waals surface area contributed by atoms with Gasteiger partial charge in [0.05, 0.1) is 5.92 Å². The average molecular weight is 347 g/mol. The van der Waals surface area contributed by atoms with Gasteiger partial charge in [0, 0.05) is 36.4 Å². The summed E-state index contributed by atoms with van der Waals surface area (Å²) in [7, 11) is 0. The summed E-state index contributed by atoms with van der Waals surface area (Å²) >= 11 is 0. The minimum Gasteiger partial charge on any atom is -0.354 e. The second-order valence-corrected chi connectivity index (χ2v) is 6.68. The van der Waals surface area contributed by atoms with Crippen LogP contribution < -0.4 is 10.6 Å². The Bertz CT molecular complexity index is 990. The van der Waals surface area contributed by atoms with Gasteiger partial charge in [0.15, 0.2) is 0 Å². The third-order valence-electron chi connectivity index (χ3n) is 4.97. The average Bonchev–Trinajstić information content (AvgIpc) is 2.96. The second-order valence-electron chi connectivity index (χ2n) is 6.68. The fraction of sp³-hybridized carbons (Fsp3) is 0.238. The molecule has 0 radical (unpaired) electrons. The number of anilines is 1. The molecule has 0 bridgehead atoms. The summed E-state index contributed by atoms with van der Waals surface area (Å²) in [6.45, 7) is 3.30. The number of fused-ring (bicyclic) bond motifs is 2. The molecule has 1 aliphatic heterocycles. The number of benzene rings is 2. The predicted molar refractivity (Wildman–Crippen MR) is 102 cm³/mol. The number of carbonyl (C=O) groups excluding carboxylic acids is 2. The van der Waals surface area contributed by atoms with Crippen molar-refractivity contribution in [2.45, 2.75) is 25.8 Å². The molecule has 1 aromatic heterocycles. The molecule has 0 saturated heterocycles. The highest BCUT2D eigenvalue weighted by atomic mass is 16.2. The van der Waals surface area contributed by atoms with Crippen LogP contribution in [0.5, 0.6) is 0 Å². The van der Waals surface area contributed by atoms with E-state index in [-0.39, 0.29) is 18.2 Å². The van der Waals surface area contributed by atoms with Crippen molar-refractivity contribution in [3.8, 4) is 0 Å². The number of hydrogen-bond acceptors (Lipinski definition) is 2. The highest BCUT2D eigenvalue weighted by Gasteiger charge is 2.30. The molecule has 132 valence electrons. The van der Waals surface area contributed by atoms with E-state index in [1.54, 1.807) is 0 Å². The Morgan fingerprint density at radius 3 is 2.85 bits per heavy atom. The van der Waals surface area contributed by atoms with Crippen LogP contribution in [0.4, 0.5) is 5.69 Å². The Morgan fingerprint density at radius 1 is 1.19 bits per heavy atom. The summed E-state index contributed by atoms with van der Waals surface area (Å²) in [6.07, 6.45) is 0.189. The van der Waals surface area contributed by atoms with E-state index < -0.39 is 5.92 Å². The van der Waals surface area contributed by atoms with E-state index in [0.29, 0.717) is 13.1 Å². The molecular formula is C21H21N3O2. The van der Waals surface area contributed by atoms with Crippen LogP contribution in [0.1, 0.15) is 23.6 Å². The van der Waals surface area contributed by atoms with Crippen LogP contribution in [0.2, 0.25) is 0 Å². The van der Waals surface area contributed by atoms with Gasteiger partial charge in [-0.2, -0.15) is 0 Å². The van der Waals surface area contributed by atoms with E-state index in [2.05, 4.69) is 40.3 Å². The number of aryl methyl sites for hydroxylation is 1. The highest BCUT2D eigenvalue weighted by Crippen LogP contribution is 2.31. The minimum absolute atomic E-state index is 0.0959. The summed E-state index contributed by atoms with van der Waals surface area (Å²) in [5.74, 6) is -0.639. The van der Waals surface area contributed by atoms with Gasteiger partial charge in [0.2, 0.25) is 11.8 Å². The molecule has 3 aromatic rings. The lowest BCUT2D eigenvalue weighted by Gasteiger charge is -2.24. The van der Waals surface area contributed by atoms with Crippen LogP contribution >= 0.6 is 0 Å². The van der Waals surface area contributed by atoms with E-state index in [1.807, 2.05) is 36.4 Å². The Morgan fingerprint density at radius 2 is 1.96 bits per heavy atom. The molecule has 2 aromatic carbocycles. The molecule has 0 unspecified atom stereocenters. The molecule has 1 aliphatic rings. The summed E-state index contributed by atoms with van der Waals surface area (Å²) < 4.78 is 2.21. The molecule has 0 spiro atoms. The van der Waals surface area contributed by atoms with E-state index in [4.69, 9.17) is 0 Å². The monoisotopic (exact) mass is 347 g/mol. The molecule has 2 heterocycles. The van der Waals surface area contributed by atoms with Crippen molar-refractivity contribution >= 4 is 28.4 Å². The molecule has 0 saturated carbocycles. The number of nitrogens with zero attached hydrogens (tertiary/aromatic N) is 1. The zero-order valence-corrected chi connectivity index (χ0v) is 14.7. The molecule has 4 rings (SSSR count). The van der Waals surface area contributed by atoms with Crippen LogP contribution in [0.15, 0.2) is 54.6 Å². The summed E-state index contributed by atoms with van der Waals surface area (Å²) in [5.41, 5.74) is 3.95. The van der Waals surface area contributed by atoms with Crippen molar-refractivity contribution in [1.29, 1.82) is 0 Å². The number of rotatable bonds is 4. The number of amides is 2. The fourth-order valence-corrected chi connectivity index (χ4v) is 3.70. The maximum Gasteiger partial charge on any atom is 0.228 e. The van der Waals surface area contributed by atoms with Crippen LogP contribution in [0.3, 0.4) is 0 Å². The smallest absolute Gasteiger partial charge is 0.228 e. The van der Waals surface area contributed by atoms with Crippen LogP contribution in [-0.2, 0) is 16.1 Å².